The summed E-state index contributed by atoms with van der Waals surface area (Å²) in [6.45, 7) is 2.11. The molecule has 25 heavy (non-hydrogen) atoms. The summed E-state index contributed by atoms with van der Waals surface area (Å²) in [6.07, 6.45) is -2.29. The molecule has 10 nitrogen and oxygen atoms in total. The quantitative estimate of drug-likeness (QED) is 0.426. The van der Waals surface area contributed by atoms with Crippen LogP contribution in [0.1, 0.15) is 30.1 Å². The maximum atomic E-state index is 11.1. The molecule has 0 spiro atoms. The van der Waals surface area contributed by atoms with Crippen LogP contribution in [0, 0.1) is 0 Å². The maximum Gasteiger partial charge on any atom is 0.338 e. The first-order valence-corrected chi connectivity index (χ1v) is 6.87. The Bertz CT molecular complexity index is 604. The molecule has 0 saturated carbocycles. The predicted octanol–water partition coefficient (Wildman–Crippen LogP) is 0.320. The Labute approximate surface area is 141 Å². The standard InChI is InChI=1S/C9H10O3.C6H8O7/c1-2-12-9(11)7-3-5-8(10)6-4-7;7-3(8)1-6(13,5(11)12)2-4(9)10/h3-6,10H,2H2,1H3;13H,1-2H2,(H,7,8)(H,9,10)(H,11,12). The van der Waals surface area contributed by atoms with E-state index in [9.17, 15) is 19.2 Å². The molecule has 0 aliphatic heterocycles. The van der Waals surface area contributed by atoms with E-state index in [0.717, 1.165) is 0 Å². The van der Waals surface area contributed by atoms with Gasteiger partial charge in [0.05, 0.1) is 25.0 Å². The van der Waals surface area contributed by atoms with E-state index in [-0.39, 0.29) is 11.7 Å². The number of aliphatic hydroxyl groups is 1. The van der Waals surface area contributed by atoms with E-state index in [0.29, 0.717) is 12.2 Å². The van der Waals surface area contributed by atoms with Crippen molar-refractivity contribution in [1.29, 1.82) is 0 Å². The largest absolute Gasteiger partial charge is 0.508 e. The Morgan fingerprint density at radius 2 is 1.40 bits per heavy atom. The molecule has 10 heteroatoms. The molecular formula is C15H18O10. The molecule has 0 unspecified atom stereocenters. The van der Waals surface area contributed by atoms with Crippen molar-refractivity contribution in [2.75, 3.05) is 6.61 Å². The number of hydrogen-bond acceptors (Lipinski definition) is 7. The minimum atomic E-state index is -2.74. The molecule has 1 aromatic rings. The number of hydrogen-bond donors (Lipinski definition) is 5. The van der Waals surface area contributed by atoms with E-state index < -0.39 is 36.4 Å². The predicted molar refractivity (Wildman–Crippen MR) is 81.2 cm³/mol. The van der Waals surface area contributed by atoms with Gasteiger partial charge in [-0.3, -0.25) is 9.59 Å². The molecule has 0 aromatic heterocycles. The molecule has 138 valence electrons. The zero-order chi connectivity index (χ0) is 19.6. The van der Waals surface area contributed by atoms with Crippen LogP contribution in [0.2, 0.25) is 0 Å². The lowest BCUT2D eigenvalue weighted by molar-refractivity contribution is -0.170. The van der Waals surface area contributed by atoms with Crippen LogP contribution in [-0.4, -0.2) is 61.6 Å². The number of esters is 1. The lowest BCUT2D eigenvalue weighted by Crippen LogP contribution is -2.42. The van der Waals surface area contributed by atoms with Crippen LogP contribution >= 0.6 is 0 Å². The number of phenolic OH excluding ortho intramolecular Hbond substituents is 1. The lowest BCUT2D eigenvalue weighted by atomic mass is 9.96. The van der Waals surface area contributed by atoms with Crippen molar-refractivity contribution in [3.05, 3.63) is 29.8 Å². The SMILES string of the molecule is CCOC(=O)c1ccc(O)cc1.O=C(O)CC(O)(CC(=O)O)C(=O)O. The van der Waals surface area contributed by atoms with Crippen molar-refractivity contribution >= 4 is 23.9 Å². The van der Waals surface area contributed by atoms with Gasteiger partial charge in [-0.15, -0.1) is 0 Å². The van der Waals surface area contributed by atoms with Gasteiger partial charge in [-0.1, -0.05) is 0 Å². The Morgan fingerprint density at radius 1 is 0.960 bits per heavy atom. The smallest absolute Gasteiger partial charge is 0.338 e. The fourth-order valence-corrected chi connectivity index (χ4v) is 1.53. The fraction of sp³-hybridized carbons (Fsp3) is 0.333. The molecule has 0 heterocycles. The van der Waals surface area contributed by atoms with Gasteiger partial charge in [-0.05, 0) is 31.2 Å². The van der Waals surface area contributed by atoms with Crippen LogP contribution in [0.15, 0.2) is 24.3 Å². The number of carbonyl (C=O) groups excluding carboxylic acids is 1. The van der Waals surface area contributed by atoms with Gasteiger partial charge in [-0.25, -0.2) is 9.59 Å². The number of carbonyl (C=O) groups is 4. The molecule has 0 atom stereocenters. The van der Waals surface area contributed by atoms with Gasteiger partial charge in [-0.2, -0.15) is 0 Å². The number of ether oxygens (including phenoxy) is 1. The maximum absolute atomic E-state index is 11.1. The van der Waals surface area contributed by atoms with Gasteiger partial charge in [0, 0.05) is 0 Å². The van der Waals surface area contributed by atoms with Crippen LogP contribution in [0.3, 0.4) is 0 Å². The topological polar surface area (TPSA) is 179 Å². The molecule has 1 aromatic carbocycles. The number of carboxylic acids is 3. The van der Waals surface area contributed by atoms with Crippen molar-refractivity contribution in [3.8, 4) is 5.75 Å². The minimum absolute atomic E-state index is 0.142. The molecule has 0 aliphatic rings. The highest BCUT2D eigenvalue weighted by atomic mass is 16.5. The highest BCUT2D eigenvalue weighted by Gasteiger charge is 2.40. The van der Waals surface area contributed by atoms with E-state index in [2.05, 4.69) is 0 Å². The first-order valence-electron chi connectivity index (χ1n) is 6.87. The zero-order valence-electron chi connectivity index (χ0n) is 13.2. The molecule has 0 saturated heterocycles. The average Bonchev–Trinajstić information content (AvgIpc) is 2.47. The number of rotatable bonds is 7. The third kappa shape index (κ3) is 8.32. The van der Waals surface area contributed by atoms with Crippen molar-refractivity contribution in [2.24, 2.45) is 0 Å². The first-order chi connectivity index (χ1) is 11.5. The molecule has 0 radical (unpaired) electrons. The van der Waals surface area contributed by atoms with Crippen LogP contribution in [0.5, 0.6) is 5.75 Å². The van der Waals surface area contributed by atoms with Crippen molar-refractivity contribution in [2.45, 2.75) is 25.4 Å². The van der Waals surface area contributed by atoms with E-state index in [1.807, 2.05) is 0 Å². The van der Waals surface area contributed by atoms with Gasteiger partial charge in [0.1, 0.15) is 5.75 Å². The fourth-order valence-electron chi connectivity index (χ4n) is 1.53. The van der Waals surface area contributed by atoms with E-state index in [1.165, 1.54) is 24.3 Å². The summed E-state index contributed by atoms with van der Waals surface area (Å²) in [4.78, 5) is 41.5. The van der Waals surface area contributed by atoms with Gasteiger partial charge < -0.3 is 30.3 Å². The number of phenols is 1. The highest BCUT2D eigenvalue weighted by molar-refractivity contribution is 5.89. The Morgan fingerprint density at radius 3 is 1.72 bits per heavy atom. The molecule has 0 aliphatic carbocycles. The molecule has 0 bridgehead atoms. The van der Waals surface area contributed by atoms with Crippen molar-refractivity contribution < 1.29 is 49.4 Å². The number of benzene rings is 1. The van der Waals surface area contributed by atoms with E-state index in [1.54, 1.807) is 6.92 Å². The minimum Gasteiger partial charge on any atom is -0.508 e. The van der Waals surface area contributed by atoms with E-state index in [4.69, 9.17) is 30.3 Å². The molecular weight excluding hydrogens is 340 g/mol. The van der Waals surface area contributed by atoms with Gasteiger partial charge >= 0.3 is 23.9 Å². The zero-order valence-corrected chi connectivity index (χ0v) is 13.2. The second-order valence-electron chi connectivity index (χ2n) is 4.75. The summed E-state index contributed by atoms with van der Waals surface area (Å²) in [5.74, 6) is -5.24. The monoisotopic (exact) mass is 358 g/mol. The van der Waals surface area contributed by atoms with Crippen LogP contribution < -0.4 is 0 Å². The second-order valence-corrected chi connectivity index (χ2v) is 4.75. The van der Waals surface area contributed by atoms with E-state index >= 15 is 0 Å². The van der Waals surface area contributed by atoms with Crippen molar-refractivity contribution in [1.82, 2.24) is 0 Å². The number of aromatic hydroxyl groups is 1. The average molecular weight is 358 g/mol. The van der Waals surface area contributed by atoms with Gasteiger partial charge in [0.25, 0.3) is 0 Å². The third-order valence-corrected chi connectivity index (χ3v) is 2.66. The van der Waals surface area contributed by atoms with Crippen LogP contribution in [0.25, 0.3) is 0 Å². The highest BCUT2D eigenvalue weighted by Crippen LogP contribution is 2.15. The number of aliphatic carboxylic acids is 3. The van der Waals surface area contributed by atoms with Crippen molar-refractivity contribution in [3.63, 3.8) is 0 Å². The third-order valence-electron chi connectivity index (χ3n) is 2.66. The summed E-state index contributed by atoms with van der Waals surface area (Å²) in [5.41, 5.74) is -2.29. The Balaban J connectivity index is 0.000000462. The summed E-state index contributed by atoms with van der Waals surface area (Å²) < 4.78 is 4.75. The van der Waals surface area contributed by atoms with Crippen LogP contribution in [-0.2, 0) is 19.1 Å². The summed E-state index contributed by atoms with van der Waals surface area (Å²) in [7, 11) is 0. The molecule has 1 rings (SSSR count). The molecule has 0 fully saturated rings. The molecule has 0 amide bonds. The summed E-state index contributed by atoms with van der Waals surface area (Å²) >= 11 is 0. The molecule has 5 N–H and O–H groups in total. The van der Waals surface area contributed by atoms with Gasteiger partial charge in [0.2, 0.25) is 0 Å². The summed E-state index contributed by atoms with van der Waals surface area (Å²) in [5, 5.41) is 42.7. The Hall–Kier alpha value is -3.14. The normalized spacial score (nSPS) is 10.2. The lowest BCUT2D eigenvalue weighted by Gasteiger charge is -2.18. The van der Waals surface area contributed by atoms with Crippen LogP contribution in [0.4, 0.5) is 0 Å². The van der Waals surface area contributed by atoms with Gasteiger partial charge in [0.15, 0.2) is 5.60 Å². The first kappa shape index (κ1) is 21.9. The second kappa shape index (κ2) is 9.88. The Kier molecular flexibility index (Phi) is 8.64. The summed E-state index contributed by atoms with van der Waals surface area (Å²) in [6, 6.07) is 5.94. The number of carboxylic acid groups (broad SMARTS) is 3.